The Kier molecular flexibility index (Phi) is 3.66. The quantitative estimate of drug-likeness (QED) is 0.869. The molecule has 0 atom stereocenters. The van der Waals surface area contributed by atoms with E-state index in [-0.39, 0.29) is 10.9 Å². The lowest BCUT2D eigenvalue weighted by atomic mass is 10.3. The van der Waals surface area contributed by atoms with E-state index in [4.69, 9.17) is 10.2 Å². The van der Waals surface area contributed by atoms with Crippen LogP contribution in [0.5, 0.6) is 5.75 Å². The second-order valence-electron chi connectivity index (χ2n) is 3.10. The highest BCUT2D eigenvalue weighted by atomic mass is 32.2. The fourth-order valence-corrected chi connectivity index (χ4v) is 1.93. The number of halogens is 3. The molecule has 1 heterocycles. The molecule has 0 amide bonds. The van der Waals surface area contributed by atoms with Crippen LogP contribution in [0.1, 0.15) is 0 Å². The van der Waals surface area contributed by atoms with E-state index in [0.29, 0.717) is 4.90 Å². The van der Waals surface area contributed by atoms with Crippen molar-refractivity contribution in [1.29, 1.82) is 0 Å². The topological polar surface area (TPSA) is 61.3 Å². The number of aromatic nitrogens is 1. The molecule has 1 aromatic heterocycles. The largest absolute Gasteiger partial charge is 0.440 e. The van der Waals surface area contributed by atoms with E-state index in [1.165, 1.54) is 12.5 Å². The minimum atomic E-state index is -3.11. The highest BCUT2D eigenvalue weighted by Gasteiger charge is 2.15. The number of rotatable bonds is 4. The molecule has 96 valence electrons. The number of ether oxygens (including phenoxy) is 1. The third-order valence-corrected chi connectivity index (χ3v) is 2.84. The van der Waals surface area contributed by atoms with Gasteiger partial charge in [-0.2, -0.15) is 8.78 Å². The van der Waals surface area contributed by atoms with Crippen LogP contribution in [-0.2, 0) is 0 Å². The third kappa shape index (κ3) is 2.89. The number of nitrogens with two attached hydrogens (primary N) is 1. The predicted octanol–water partition coefficient (Wildman–Crippen LogP) is 3.15. The minimum absolute atomic E-state index is 0.0808. The van der Waals surface area contributed by atoms with Crippen molar-refractivity contribution in [2.45, 2.75) is 16.7 Å². The third-order valence-electron chi connectivity index (χ3n) is 1.89. The predicted molar refractivity (Wildman–Crippen MR) is 58.1 cm³/mol. The number of anilines is 1. The van der Waals surface area contributed by atoms with Gasteiger partial charge in [-0.25, -0.2) is 9.37 Å². The summed E-state index contributed by atoms with van der Waals surface area (Å²) in [5, 5.41) is 0.260. The molecule has 8 heteroatoms. The van der Waals surface area contributed by atoms with Gasteiger partial charge in [-0.1, -0.05) is 0 Å². The lowest BCUT2D eigenvalue weighted by Gasteiger charge is -2.09. The van der Waals surface area contributed by atoms with E-state index < -0.39 is 18.2 Å². The number of alkyl halides is 2. The van der Waals surface area contributed by atoms with Crippen molar-refractivity contribution in [3.63, 3.8) is 0 Å². The molecule has 2 N–H and O–H groups in total. The zero-order valence-electron chi connectivity index (χ0n) is 8.77. The van der Waals surface area contributed by atoms with E-state index in [9.17, 15) is 13.2 Å². The molecule has 4 nitrogen and oxygen atoms in total. The monoisotopic (exact) mass is 276 g/mol. The van der Waals surface area contributed by atoms with Gasteiger partial charge in [0.15, 0.2) is 11.6 Å². The number of hydrogen-bond acceptors (Lipinski definition) is 5. The van der Waals surface area contributed by atoms with Crippen LogP contribution in [0.2, 0.25) is 0 Å². The molecule has 0 radical (unpaired) electrons. The fourth-order valence-electron chi connectivity index (χ4n) is 1.18. The van der Waals surface area contributed by atoms with Crippen molar-refractivity contribution in [1.82, 2.24) is 4.98 Å². The van der Waals surface area contributed by atoms with Gasteiger partial charge in [-0.05, 0) is 17.8 Å². The van der Waals surface area contributed by atoms with E-state index in [2.05, 4.69) is 9.72 Å². The van der Waals surface area contributed by atoms with Gasteiger partial charge in [0.25, 0.3) is 5.22 Å². The van der Waals surface area contributed by atoms with E-state index in [0.717, 1.165) is 23.9 Å². The summed E-state index contributed by atoms with van der Waals surface area (Å²) in [5.74, 6) is -1.53. The highest BCUT2D eigenvalue weighted by molar-refractivity contribution is 7.99. The summed E-state index contributed by atoms with van der Waals surface area (Å²) in [6, 6.07) is 1.98. The maximum atomic E-state index is 13.3. The van der Waals surface area contributed by atoms with E-state index >= 15 is 0 Å². The number of hydrogen-bond donors (Lipinski definition) is 1. The lowest BCUT2D eigenvalue weighted by Crippen LogP contribution is -2.04. The molecule has 2 rings (SSSR count). The normalized spacial score (nSPS) is 10.9. The lowest BCUT2D eigenvalue weighted by molar-refractivity contribution is -0.0523. The summed E-state index contributed by atoms with van der Waals surface area (Å²) >= 11 is 0.976. The van der Waals surface area contributed by atoms with Gasteiger partial charge < -0.3 is 14.9 Å². The average molecular weight is 276 g/mol. The molecular formula is C10H7F3N2O2S. The van der Waals surface area contributed by atoms with Gasteiger partial charge >= 0.3 is 6.61 Å². The molecule has 0 aliphatic rings. The first-order valence-corrected chi connectivity index (χ1v) is 5.49. The molecule has 0 saturated heterocycles. The Morgan fingerprint density at radius 1 is 1.39 bits per heavy atom. The molecule has 18 heavy (non-hydrogen) atoms. The van der Waals surface area contributed by atoms with Crippen LogP contribution >= 0.6 is 11.8 Å². The van der Waals surface area contributed by atoms with Crippen LogP contribution in [-0.4, -0.2) is 11.6 Å². The number of nitrogen functional groups attached to an aromatic ring is 1. The SMILES string of the molecule is Nc1cc(F)c(OC(F)F)cc1Sc1ncco1. The summed E-state index contributed by atoms with van der Waals surface area (Å²) < 4.78 is 46.4. The second kappa shape index (κ2) is 5.21. The van der Waals surface area contributed by atoms with Crippen molar-refractivity contribution in [2.24, 2.45) is 0 Å². The first-order chi connectivity index (χ1) is 8.56. The number of oxazole rings is 1. The molecule has 0 unspecified atom stereocenters. The smallest absolute Gasteiger partial charge is 0.387 e. The van der Waals surface area contributed by atoms with Gasteiger partial charge in [0.1, 0.15) is 6.26 Å². The molecule has 0 bridgehead atoms. The van der Waals surface area contributed by atoms with Crippen molar-refractivity contribution in [3.05, 3.63) is 30.4 Å². The van der Waals surface area contributed by atoms with Gasteiger partial charge in [0, 0.05) is 16.6 Å². The fraction of sp³-hybridized carbons (Fsp3) is 0.100. The standard InChI is InChI=1S/C10H7F3N2O2S/c11-5-3-6(14)8(4-7(5)17-9(12)13)18-10-15-1-2-16-10/h1-4,9H,14H2. The van der Waals surface area contributed by atoms with Crippen LogP contribution in [0.3, 0.4) is 0 Å². The maximum Gasteiger partial charge on any atom is 0.387 e. The van der Waals surface area contributed by atoms with Crippen molar-refractivity contribution in [3.8, 4) is 5.75 Å². The Morgan fingerprint density at radius 2 is 2.17 bits per heavy atom. The maximum absolute atomic E-state index is 13.3. The molecule has 0 spiro atoms. The van der Waals surface area contributed by atoms with E-state index in [1.807, 2.05) is 0 Å². The molecule has 0 fully saturated rings. The first-order valence-electron chi connectivity index (χ1n) is 4.67. The van der Waals surface area contributed by atoms with Crippen LogP contribution in [0.15, 0.2) is 39.1 Å². The summed E-state index contributed by atoms with van der Waals surface area (Å²) in [4.78, 5) is 4.14. The molecule has 1 aromatic carbocycles. The van der Waals surface area contributed by atoms with Crippen LogP contribution < -0.4 is 10.5 Å². The number of nitrogens with zero attached hydrogens (tertiary/aromatic N) is 1. The molecule has 0 aliphatic carbocycles. The van der Waals surface area contributed by atoms with Crippen molar-refractivity contribution >= 4 is 17.4 Å². The molecule has 0 aliphatic heterocycles. The second-order valence-corrected chi connectivity index (χ2v) is 4.09. The Balaban J connectivity index is 2.29. The molecule has 0 saturated carbocycles. The summed E-state index contributed by atoms with van der Waals surface area (Å²) in [7, 11) is 0. The van der Waals surface area contributed by atoms with Crippen molar-refractivity contribution < 1.29 is 22.3 Å². The zero-order valence-corrected chi connectivity index (χ0v) is 9.59. The Morgan fingerprint density at radius 3 is 2.78 bits per heavy atom. The average Bonchev–Trinajstić information content (AvgIpc) is 2.77. The highest BCUT2D eigenvalue weighted by Crippen LogP contribution is 2.35. The number of benzene rings is 1. The van der Waals surface area contributed by atoms with Crippen LogP contribution in [0.4, 0.5) is 18.9 Å². The first kappa shape index (κ1) is 12.6. The van der Waals surface area contributed by atoms with E-state index in [1.54, 1.807) is 0 Å². The molecular weight excluding hydrogens is 269 g/mol. The summed E-state index contributed by atoms with van der Waals surface area (Å²) in [6.45, 7) is -3.11. The van der Waals surface area contributed by atoms with Crippen LogP contribution in [0, 0.1) is 5.82 Å². The Bertz CT molecular complexity index is 534. The summed E-state index contributed by atoms with van der Waals surface area (Å²) in [5.41, 5.74) is 5.65. The van der Waals surface area contributed by atoms with Gasteiger partial charge in [-0.15, -0.1) is 0 Å². The summed E-state index contributed by atoms with van der Waals surface area (Å²) in [6.07, 6.45) is 2.76. The Hall–Kier alpha value is -1.83. The van der Waals surface area contributed by atoms with Crippen molar-refractivity contribution in [2.75, 3.05) is 5.73 Å². The minimum Gasteiger partial charge on any atom is -0.440 e. The van der Waals surface area contributed by atoms with Crippen LogP contribution in [0.25, 0.3) is 0 Å². The molecule has 2 aromatic rings. The van der Waals surface area contributed by atoms with Gasteiger partial charge in [-0.3, -0.25) is 0 Å². The Labute approximate surface area is 104 Å². The van der Waals surface area contributed by atoms with Gasteiger partial charge in [0.05, 0.1) is 6.20 Å². The zero-order chi connectivity index (χ0) is 13.1. The van der Waals surface area contributed by atoms with Gasteiger partial charge in [0.2, 0.25) is 0 Å².